The average molecular weight is 485 g/mol. The van der Waals surface area contributed by atoms with Crippen LogP contribution in [0.15, 0.2) is 59.3 Å². The number of hydrogen-bond acceptors (Lipinski definition) is 7. The minimum absolute atomic E-state index is 0.0733. The number of aromatic amines is 1. The number of carbonyl (C=O) groups is 2. The number of ether oxygens (including phenoxy) is 1. The minimum Gasteiger partial charge on any atom is -0.437 e. The van der Waals surface area contributed by atoms with Crippen molar-refractivity contribution in [2.24, 2.45) is 9.98 Å². The molecule has 1 unspecified atom stereocenters. The molecule has 0 aliphatic carbocycles. The smallest absolute Gasteiger partial charge is 0.415 e. The highest BCUT2D eigenvalue weighted by molar-refractivity contribution is 6.07. The summed E-state index contributed by atoms with van der Waals surface area (Å²) in [6, 6.07) is 3.62. The maximum absolute atomic E-state index is 12.8. The Labute approximate surface area is 196 Å². The zero-order valence-corrected chi connectivity index (χ0v) is 18.1. The van der Waals surface area contributed by atoms with Gasteiger partial charge in [0.25, 0.3) is 5.91 Å². The summed E-state index contributed by atoms with van der Waals surface area (Å²) >= 11 is 0. The van der Waals surface area contributed by atoms with Gasteiger partial charge < -0.3 is 20.4 Å². The molecule has 180 valence electrons. The summed E-state index contributed by atoms with van der Waals surface area (Å²) in [7, 11) is 0. The van der Waals surface area contributed by atoms with E-state index in [0.29, 0.717) is 23.3 Å². The molecule has 4 rings (SSSR count). The Balaban J connectivity index is 1.50. The summed E-state index contributed by atoms with van der Waals surface area (Å²) in [5.74, 6) is -0.711. The lowest BCUT2D eigenvalue weighted by atomic mass is 10.2. The van der Waals surface area contributed by atoms with Crippen molar-refractivity contribution < 1.29 is 27.5 Å². The van der Waals surface area contributed by atoms with Crippen molar-refractivity contribution in [3.63, 3.8) is 0 Å². The number of rotatable bonds is 7. The van der Waals surface area contributed by atoms with Crippen LogP contribution in [0.5, 0.6) is 11.6 Å². The largest absolute Gasteiger partial charge is 0.437 e. The van der Waals surface area contributed by atoms with Crippen LogP contribution in [0.4, 0.5) is 18.9 Å². The first kappa shape index (κ1) is 23.6. The molecular weight excluding hydrogens is 467 g/mol. The molecule has 3 aromatic rings. The van der Waals surface area contributed by atoms with Crippen molar-refractivity contribution in [2.75, 3.05) is 5.32 Å². The molecule has 0 saturated carbocycles. The lowest BCUT2D eigenvalue weighted by molar-refractivity contribution is -0.130. The van der Waals surface area contributed by atoms with Crippen LogP contribution in [-0.2, 0) is 4.79 Å². The Morgan fingerprint density at radius 2 is 2.11 bits per heavy atom. The van der Waals surface area contributed by atoms with Gasteiger partial charge in [0, 0.05) is 24.2 Å². The topological polar surface area (TPSA) is 134 Å². The molecule has 1 aliphatic rings. The Morgan fingerprint density at radius 3 is 2.83 bits per heavy atom. The van der Waals surface area contributed by atoms with E-state index in [4.69, 9.17) is 4.74 Å². The molecule has 3 N–H and O–H groups in total. The first-order chi connectivity index (χ1) is 16.6. The number of benzene rings is 1. The Kier molecular flexibility index (Phi) is 6.32. The van der Waals surface area contributed by atoms with Crippen LogP contribution in [0, 0.1) is 0 Å². The number of amides is 2. The van der Waals surface area contributed by atoms with Crippen molar-refractivity contribution >= 4 is 40.7 Å². The van der Waals surface area contributed by atoms with E-state index < -0.39 is 24.2 Å². The molecule has 1 aromatic carbocycles. The van der Waals surface area contributed by atoms with E-state index in [1.54, 1.807) is 24.3 Å². The minimum atomic E-state index is -4.55. The number of amidine groups is 1. The van der Waals surface area contributed by atoms with Crippen molar-refractivity contribution in [3.8, 4) is 11.6 Å². The predicted molar refractivity (Wildman–Crippen MR) is 122 cm³/mol. The fraction of sp³-hybridized carbons (Fsp3) is 0.182. The van der Waals surface area contributed by atoms with Crippen LogP contribution in [0.3, 0.4) is 0 Å². The number of aliphatic imine (C=N–C) groups is 2. The van der Waals surface area contributed by atoms with Crippen LogP contribution in [0.1, 0.15) is 17.3 Å². The standard InChI is InChI=1S/C22H18F3N7O3/c1-3-16(33)30-12-5-4-6-13(7-12)35-17-10-28-20-18(32-17)14(8-26-20)21(34)29-11(2)19-27-9-15(31-19)22(23,24)25/h3-11,15H,1H2,2H3,(H,26,28)(H,29,34)(H,30,33)/t11-,15?/m0/s1. The second-order valence-electron chi connectivity index (χ2n) is 7.38. The molecule has 10 nitrogen and oxygen atoms in total. The number of halogens is 3. The summed E-state index contributed by atoms with van der Waals surface area (Å²) in [6.45, 7) is 4.86. The normalized spacial score (nSPS) is 16.0. The number of H-pyrrole nitrogens is 1. The number of anilines is 1. The first-order valence-electron chi connectivity index (χ1n) is 10.2. The molecule has 3 heterocycles. The molecule has 2 atom stereocenters. The highest BCUT2D eigenvalue weighted by Crippen LogP contribution is 2.26. The molecule has 0 spiro atoms. The van der Waals surface area contributed by atoms with E-state index in [9.17, 15) is 22.8 Å². The van der Waals surface area contributed by atoms with E-state index in [1.807, 2.05) is 0 Å². The fourth-order valence-electron chi connectivity index (χ4n) is 3.13. The van der Waals surface area contributed by atoms with Gasteiger partial charge in [-0.15, -0.1) is 0 Å². The summed E-state index contributed by atoms with van der Waals surface area (Å²) < 4.78 is 44.1. The third-order valence-corrected chi connectivity index (χ3v) is 4.80. The molecule has 13 heteroatoms. The molecule has 2 aromatic heterocycles. The maximum Gasteiger partial charge on any atom is 0.415 e. The monoisotopic (exact) mass is 485 g/mol. The molecule has 0 bridgehead atoms. The van der Waals surface area contributed by atoms with Gasteiger partial charge in [0.05, 0.1) is 17.8 Å². The van der Waals surface area contributed by atoms with Crippen molar-refractivity contribution in [1.82, 2.24) is 20.3 Å². The zero-order valence-electron chi connectivity index (χ0n) is 18.1. The molecule has 0 saturated heterocycles. The van der Waals surface area contributed by atoms with Crippen LogP contribution in [0.2, 0.25) is 0 Å². The molecule has 2 amide bonds. The number of nitrogens with zero attached hydrogens (tertiary/aromatic N) is 4. The average Bonchev–Trinajstić information content (AvgIpc) is 3.47. The van der Waals surface area contributed by atoms with Crippen LogP contribution < -0.4 is 15.4 Å². The third-order valence-electron chi connectivity index (χ3n) is 4.80. The predicted octanol–water partition coefficient (Wildman–Crippen LogP) is 3.41. The van der Waals surface area contributed by atoms with Gasteiger partial charge in [-0.25, -0.2) is 20.0 Å². The van der Waals surface area contributed by atoms with Gasteiger partial charge in [0.2, 0.25) is 11.8 Å². The Morgan fingerprint density at radius 1 is 1.31 bits per heavy atom. The van der Waals surface area contributed by atoms with Gasteiger partial charge in [-0.05, 0) is 25.1 Å². The van der Waals surface area contributed by atoms with Gasteiger partial charge in [0.1, 0.15) is 17.1 Å². The summed E-state index contributed by atoms with van der Waals surface area (Å²) in [5.41, 5.74) is 1.07. The summed E-state index contributed by atoms with van der Waals surface area (Å²) in [5, 5.41) is 5.17. The number of carbonyl (C=O) groups excluding carboxylic acids is 2. The Hall–Kier alpha value is -4.55. The molecule has 1 aliphatic heterocycles. The third kappa shape index (κ3) is 5.34. The number of fused-ring (bicyclic) bond motifs is 1. The van der Waals surface area contributed by atoms with Crippen LogP contribution in [0.25, 0.3) is 11.2 Å². The van der Waals surface area contributed by atoms with Crippen molar-refractivity contribution in [3.05, 3.63) is 54.9 Å². The van der Waals surface area contributed by atoms with Crippen molar-refractivity contribution in [2.45, 2.75) is 25.2 Å². The summed E-state index contributed by atoms with van der Waals surface area (Å²) in [4.78, 5) is 42.8. The van der Waals surface area contributed by atoms with Gasteiger partial charge in [-0.2, -0.15) is 13.2 Å². The van der Waals surface area contributed by atoms with Gasteiger partial charge >= 0.3 is 6.18 Å². The zero-order chi connectivity index (χ0) is 25.2. The van der Waals surface area contributed by atoms with E-state index in [0.717, 1.165) is 6.08 Å². The highest BCUT2D eigenvalue weighted by atomic mass is 19.4. The molecule has 0 fully saturated rings. The number of alkyl halides is 3. The van der Waals surface area contributed by atoms with Gasteiger partial charge in [-0.1, -0.05) is 12.6 Å². The number of hydrogen-bond donors (Lipinski definition) is 3. The number of aromatic nitrogens is 3. The Bertz CT molecular complexity index is 1360. The molecule has 35 heavy (non-hydrogen) atoms. The SMILES string of the molecule is C=CC(=O)Nc1cccc(Oc2cnc3[nH]cc(C(=O)N[C@@H](C)C4=NC(C(F)(F)F)C=N4)c3n2)c1. The number of nitrogens with one attached hydrogen (secondary N) is 3. The second kappa shape index (κ2) is 9.37. The van der Waals surface area contributed by atoms with Crippen molar-refractivity contribution in [1.29, 1.82) is 0 Å². The van der Waals surface area contributed by atoms with Crippen LogP contribution >= 0.6 is 0 Å². The quantitative estimate of drug-likeness (QED) is 0.441. The first-order valence-corrected chi connectivity index (χ1v) is 10.2. The van der Waals surface area contributed by atoms with Crippen LogP contribution in [-0.4, -0.2) is 57.1 Å². The van der Waals surface area contributed by atoms with E-state index >= 15 is 0 Å². The molecular formula is C22H18F3N7O3. The van der Waals surface area contributed by atoms with Gasteiger partial charge in [-0.3, -0.25) is 9.59 Å². The summed E-state index contributed by atoms with van der Waals surface area (Å²) in [6.07, 6.45) is -0.00464. The van der Waals surface area contributed by atoms with E-state index in [-0.39, 0.29) is 28.7 Å². The lowest BCUT2D eigenvalue weighted by Gasteiger charge is -2.12. The fourth-order valence-corrected chi connectivity index (χ4v) is 3.13. The van der Waals surface area contributed by atoms with E-state index in [2.05, 4.69) is 42.1 Å². The second-order valence-corrected chi connectivity index (χ2v) is 7.38. The van der Waals surface area contributed by atoms with E-state index in [1.165, 1.54) is 19.3 Å². The highest BCUT2D eigenvalue weighted by Gasteiger charge is 2.41. The van der Waals surface area contributed by atoms with Gasteiger partial charge in [0.15, 0.2) is 11.7 Å². The lowest BCUT2D eigenvalue weighted by Crippen LogP contribution is -2.37. The maximum atomic E-state index is 12.8. The molecule has 0 radical (unpaired) electrons.